The molecule has 0 saturated carbocycles. The van der Waals surface area contributed by atoms with Crippen molar-refractivity contribution in [2.45, 2.75) is 39.3 Å². The number of piperidine rings is 1. The van der Waals surface area contributed by atoms with Crippen molar-refractivity contribution in [2.24, 2.45) is 5.92 Å². The molecule has 0 radical (unpaired) electrons. The third-order valence-corrected chi connectivity index (χ3v) is 6.29. The normalized spacial score (nSPS) is 22.7. The van der Waals surface area contributed by atoms with E-state index in [1.807, 2.05) is 38.1 Å². The van der Waals surface area contributed by atoms with E-state index in [4.69, 9.17) is 4.52 Å². The van der Waals surface area contributed by atoms with Gasteiger partial charge in [0.25, 0.3) is 5.91 Å². The van der Waals surface area contributed by atoms with Gasteiger partial charge in [-0.3, -0.25) is 14.8 Å². The summed E-state index contributed by atoms with van der Waals surface area (Å²) in [5.41, 5.74) is 3.59. The van der Waals surface area contributed by atoms with Crippen LogP contribution in [0.4, 0.5) is 0 Å². The Morgan fingerprint density at radius 3 is 2.89 bits per heavy atom. The van der Waals surface area contributed by atoms with Crippen LogP contribution in [-0.4, -0.2) is 56.7 Å². The van der Waals surface area contributed by atoms with Crippen LogP contribution >= 0.6 is 0 Å². The molecule has 3 fully saturated rings. The number of H-pyrrole nitrogens is 1. The smallest absolute Gasteiger partial charge is 0.275 e. The van der Waals surface area contributed by atoms with Crippen molar-refractivity contribution in [2.75, 3.05) is 19.6 Å². The first-order valence-electron chi connectivity index (χ1n) is 9.98. The van der Waals surface area contributed by atoms with Crippen LogP contribution in [0.2, 0.25) is 0 Å². The number of benzene rings is 1. The fraction of sp³-hybridized carbons (Fsp3) is 0.476. The summed E-state index contributed by atoms with van der Waals surface area (Å²) in [6.07, 6.45) is 2.23. The third kappa shape index (κ3) is 2.90. The number of para-hydroxylation sites is 1. The average Bonchev–Trinajstić information content (AvgIpc) is 3.13. The van der Waals surface area contributed by atoms with Crippen molar-refractivity contribution in [1.82, 2.24) is 25.2 Å². The van der Waals surface area contributed by atoms with Crippen molar-refractivity contribution >= 4 is 16.8 Å². The zero-order valence-corrected chi connectivity index (χ0v) is 16.3. The molecule has 3 aliphatic heterocycles. The molecular formula is C21H25N5O2. The molecule has 0 unspecified atom stereocenters. The number of aromatic nitrogens is 3. The van der Waals surface area contributed by atoms with Crippen molar-refractivity contribution in [1.29, 1.82) is 0 Å². The van der Waals surface area contributed by atoms with E-state index < -0.39 is 0 Å². The first-order chi connectivity index (χ1) is 13.6. The Kier molecular flexibility index (Phi) is 4.19. The Balaban J connectivity index is 1.39. The Hall–Kier alpha value is -2.67. The fourth-order valence-corrected chi connectivity index (χ4v) is 4.77. The van der Waals surface area contributed by atoms with Crippen LogP contribution in [0.1, 0.15) is 40.3 Å². The molecule has 1 aromatic carbocycles. The predicted octanol–water partition coefficient (Wildman–Crippen LogP) is 2.90. The van der Waals surface area contributed by atoms with E-state index in [9.17, 15) is 4.79 Å². The largest absolute Gasteiger partial charge is 0.361 e. The maximum atomic E-state index is 13.3. The van der Waals surface area contributed by atoms with E-state index in [0.29, 0.717) is 11.6 Å². The summed E-state index contributed by atoms with van der Waals surface area (Å²) in [6.45, 7) is 7.50. The summed E-state index contributed by atoms with van der Waals surface area (Å²) in [5, 5.41) is 12.3. The van der Waals surface area contributed by atoms with E-state index in [0.717, 1.165) is 55.0 Å². The van der Waals surface area contributed by atoms with Crippen LogP contribution in [0.25, 0.3) is 10.9 Å². The minimum absolute atomic E-state index is 0.0475. The zero-order chi connectivity index (χ0) is 19.3. The average molecular weight is 379 g/mol. The maximum Gasteiger partial charge on any atom is 0.275 e. The minimum Gasteiger partial charge on any atom is -0.361 e. The van der Waals surface area contributed by atoms with Gasteiger partial charge in [0.1, 0.15) is 5.76 Å². The molecule has 0 aliphatic carbocycles. The highest BCUT2D eigenvalue weighted by molar-refractivity contribution is 6.04. The number of aryl methyl sites for hydroxylation is 2. The number of rotatable bonds is 3. The lowest BCUT2D eigenvalue weighted by Crippen LogP contribution is -2.47. The molecule has 6 rings (SSSR count). The van der Waals surface area contributed by atoms with Crippen LogP contribution in [-0.2, 0) is 6.54 Å². The number of hydrogen-bond donors (Lipinski definition) is 1. The Labute approximate surface area is 163 Å². The lowest BCUT2D eigenvalue weighted by atomic mass is 9.94. The molecule has 1 N–H and O–H groups in total. The molecular weight excluding hydrogens is 354 g/mol. The maximum absolute atomic E-state index is 13.3. The van der Waals surface area contributed by atoms with Gasteiger partial charge < -0.3 is 9.42 Å². The standard InChI is InChI=1S/C21H25N5O2/c1-13-18(14(2)28-24-13)12-25-9-15-7-8-16(11-25)26(10-15)21(27)20-17-5-3-4-6-19(17)22-23-20/h3-6,15-16H,7-12H2,1-2H3,(H,22,23)/t15-,16+/m1/s1. The van der Waals surface area contributed by atoms with E-state index in [1.54, 1.807) is 0 Å². The van der Waals surface area contributed by atoms with Gasteiger partial charge in [0.05, 0.1) is 11.2 Å². The molecule has 5 heterocycles. The second-order valence-corrected chi connectivity index (χ2v) is 8.17. The van der Waals surface area contributed by atoms with Gasteiger partial charge in [-0.2, -0.15) is 5.10 Å². The van der Waals surface area contributed by atoms with Crippen molar-refractivity contribution in [3.8, 4) is 0 Å². The second kappa shape index (κ2) is 6.74. The summed E-state index contributed by atoms with van der Waals surface area (Å²) in [6, 6.07) is 8.05. The van der Waals surface area contributed by atoms with E-state index in [2.05, 4.69) is 25.2 Å². The van der Waals surface area contributed by atoms with Gasteiger partial charge in [-0.1, -0.05) is 23.4 Å². The number of amides is 1. The lowest BCUT2D eigenvalue weighted by molar-refractivity contribution is 0.0580. The first-order valence-corrected chi connectivity index (χ1v) is 9.98. The van der Waals surface area contributed by atoms with Gasteiger partial charge in [-0.25, -0.2) is 0 Å². The summed E-state index contributed by atoms with van der Waals surface area (Å²) in [7, 11) is 0. The molecule has 3 aromatic rings. The first kappa shape index (κ1) is 17.4. The Morgan fingerprint density at radius 1 is 1.21 bits per heavy atom. The van der Waals surface area contributed by atoms with E-state index in [1.165, 1.54) is 12.0 Å². The summed E-state index contributed by atoms with van der Waals surface area (Å²) < 4.78 is 5.33. The molecule has 2 atom stereocenters. The number of nitrogens with zero attached hydrogens (tertiary/aromatic N) is 4. The Bertz CT molecular complexity index is 1000. The van der Waals surface area contributed by atoms with Gasteiger partial charge in [0.2, 0.25) is 0 Å². The van der Waals surface area contributed by atoms with E-state index in [-0.39, 0.29) is 11.9 Å². The van der Waals surface area contributed by atoms with Gasteiger partial charge in [0.15, 0.2) is 5.69 Å². The van der Waals surface area contributed by atoms with Crippen molar-refractivity contribution in [3.63, 3.8) is 0 Å². The van der Waals surface area contributed by atoms with Crippen molar-refractivity contribution in [3.05, 3.63) is 47.0 Å². The number of fused-ring (bicyclic) bond motifs is 5. The van der Waals surface area contributed by atoms with Crippen LogP contribution in [0.15, 0.2) is 28.8 Å². The zero-order valence-electron chi connectivity index (χ0n) is 16.3. The van der Waals surface area contributed by atoms with Crippen LogP contribution in [0.5, 0.6) is 0 Å². The molecule has 2 aromatic heterocycles. The van der Waals surface area contributed by atoms with Gasteiger partial charge >= 0.3 is 0 Å². The molecule has 3 saturated heterocycles. The summed E-state index contributed by atoms with van der Waals surface area (Å²) in [4.78, 5) is 17.9. The number of hydrogen-bond acceptors (Lipinski definition) is 5. The SMILES string of the molecule is Cc1noc(C)c1CN1C[C@H]2CC[C@@H](C1)N(C(=O)c1n[nH]c3ccccc13)C2. The van der Waals surface area contributed by atoms with E-state index >= 15 is 0 Å². The predicted molar refractivity (Wildman–Crippen MR) is 105 cm³/mol. The highest BCUT2D eigenvalue weighted by atomic mass is 16.5. The second-order valence-electron chi connectivity index (χ2n) is 8.17. The highest BCUT2D eigenvalue weighted by Gasteiger charge is 2.38. The molecule has 2 bridgehead atoms. The molecule has 7 heteroatoms. The Morgan fingerprint density at radius 2 is 2.07 bits per heavy atom. The highest BCUT2D eigenvalue weighted by Crippen LogP contribution is 2.31. The molecule has 28 heavy (non-hydrogen) atoms. The quantitative estimate of drug-likeness (QED) is 0.757. The minimum atomic E-state index is 0.0475. The van der Waals surface area contributed by atoms with Gasteiger partial charge in [0, 0.05) is 43.2 Å². The molecule has 3 aliphatic rings. The molecule has 146 valence electrons. The topological polar surface area (TPSA) is 78.3 Å². The monoisotopic (exact) mass is 379 g/mol. The molecule has 7 nitrogen and oxygen atoms in total. The molecule has 1 amide bonds. The van der Waals surface area contributed by atoms with Gasteiger partial charge in [-0.05, 0) is 38.7 Å². The number of carbonyl (C=O) groups is 1. The van der Waals surface area contributed by atoms with Crippen LogP contribution in [0.3, 0.4) is 0 Å². The van der Waals surface area contributed by atoms with Crippen LogP contribution < -0.4 is 0 Å². The number of carbonyl (C=O) groups excluding carboxylic acids is 1. The van der Waals surface area contributed by atoms with Crippen LogP contribution in [0, 0.1) is 19.8 Å². The van der Waals surface area contributed by atoms with Gasteiger partial charge in [-0.15, -0.1) is 0 Å². The summed E-state index contributed by atoms with van der Waals surface area (Å²) in [5.74, 6) is 1.43. The van der Waals surface area contributed by atoms with Crippen molar-refractivity contribution < 1.29 is 9.32 Å². The summed E-state index contributed by atoms with van der Waals surface area (Å²) >= 11 is 0. The fourth-order valence-electron chi connectivity index (χ4n) is 4.77. The number of aromatic amines is 1. The molecule has 0 spiro atoms. The third-order valence-electron chi connectivity index (χ3n) is 6.29. The lowest BCUT2D eigenvalue weighted by Gasteiger charge is -2.35. The number of nitrogens with one attached hydrogen (secondary N) is 1.